The molecule has 1 aromatic heterocycles. The molecule has 0 radical (unpaired) electrons. The first-order valence-corrected chi connectivity index (χ1v) is 5.87. The summed E-state index contributed by atoms with van der Waals surface area (Å²) in [7, 11) is 0. The molecule has 1 heterocycles. The van der Waals surface area contributed by atoms with Crippen molar-refractivity contribution >= 4 is 23.6 Å². The lowest BCUT2D eigenvalue weighted by atomic mass is 10.1. The van der Waals surface area contributed by atoms with Gasteiger partial charge in [-0.25, -0.2) is 4.79 Å². The fourth-order valence-electron chi connectivity index (χ4n) is 1.73. The summed E-state index contributed by atoms with van der Waals surface area (Å²) < 4.78 is 0. The maximum absolute atomic E-state index is 11.9. The minimum Gasteiger partial charge on any atom is -0.478 e. The third-order valence-electron chi connectivity index (χ3n) is 2.54. The molecule has 0 saturated carbocycles. The fraction of sp³-hybridized carbons (Fsp3) is 0.0714. The van der Waals surface area contributed by atoms with Crippen LogP contribution in [0.5, 0.6) is 0 Å². The van der Waals surface area contributed by atoms with Crippen molar-refractivity contribution in [3.63, 3.8) is 0 Å². The van der Waals surface area contributed by atoms with Crippen molar-refractivity contribution in [1.29, 1.82) is 0 Å². The minimum absolute atomic E-state index is 0.280. The summed E-state index contributed by atoms with van der Waals surface area (Å²) in [6.07, 6.45) is 5.45. The van der Waals surface area contributed by atoms with Crippen molar-refractivity contribution in [2.24, 2.45) is 0 Å². The molecule has 0 aliphatic rings. The summed E-state index contributed by atoms with van der Waals surface area (Å²) in [5, 5.41) is 17.6. The van der Waals surface area contributed by atoms with Crippen LogP contribution < -0.4 is 5.32 Å². The monoisotopic (exact) mass is 271 g/mol. The van der Waals surface area contributed by atoms with Crippen molar-refractivity contribution in [2.45, 2.75) is 6.92 Å². The predicted octanol–water partition coefficient (Wildman–Crippen LogP) is 2.07. The van der Waals surface area contributed by atoms with Crippen LogP contribution in [0.4, 0.5) is 5.69 Å². The van der Waals surface area contributed by atoms with Crippen LogP contribution in [0, 0.1) is 6.92 Å². The van der Waals surface area contributed by atoms with Gasteiger partial charge in [-0.1, -0.05) is 6.07 Å². The lowest BCUT2D eigenvalue weighted by Crippen LogP contribution is -2.11. The molecule has 0 saturated heterocycles. The van der Waals surface area contributed by atoms with Gasteiger partial charge in [-0.15, -0.1) is 0 Å². The summed E-state index contributed by atoms with van der Waals surface area (Å²) in [6, 6.07) is 5.33. The van der Waals surface area contributed by atoms with Crippen molar-refractivity contribution in [2.75, 3.05) is 5.32 Å². The zero-order chi connectivity index (χ0) is 14.5. The number of H-pyrrole nitrogens is 1. The number of rotatable bonds is 4. The van der Waals surface area contributed by atoms with Crippen LogP contribution in [0.1, 0.15) is 21.5 Å². The number of aryl methyl sites for hydroxylation is 1. The van der Waals surface area contributed by atoms with Gasteiger partial charge in [0, 0.05) is 18.0 Å². The molecule has 0 fully saturated rings. The van der Waals surface area contributed by atoms with Gasteiger partial charge in [-0.3, -0.25) is 9.89 Å². The van der Waals surface area contributed by atoms with Gasteiger partial charge in [-0.2, -0.15) is 5.10 Å². The van der Waals surface area contributed by atoms with Crippen LogP contribution in [0.3, 0.4) is 0 Å². The van der Waals surface area contributed by atoms with Gasteiger partial charge >= 0.3 is 5.97 Å². The maximum Gasteiger partial charge on any atom is 0.328 e. The topological polar surface area (TPSA) is 95.1 Å². The average Bonchev–Trinajstić information content (AvgIpc) is 2.89. The zero-order valence-electron chi connectivity index (χ0n) is 10.8. The van der Waals surface area contributed by atoms with Crippen LogP contribution in [0.2, 0.25) is 0 Å². The third kappa shape index (κ3) is 3.55. The molecule has 6 nitrogen and oxygen atoms in total. The zero-order valence-corrected chi connectivity index (χ0v) is 10.8. The molecule has 0 spiro atoms. The molecular formula is C14H13N3O3. The Morgan fingerprint density at radius 2 is 2.15 bits per heavy atom. The number of nitrogens with one attached hydrogen (secondary N) is 2. The van der Waals surface area contributed by atoms with Crippen LogP contribution in [0.15, 0.2) is 36.7 Å². The Bertz CT molecular complexity index is 660. The lowest BCUT2D eigenvalue weighted by Gasteiger charge is -2.06. The van der Waals surface area contributed by atoms with Gasteiger partial charge in [0.05, 0.1) is 11.8 Å². The number of nitrogens with zero attached hydrogens (tertiary/aromatic N) is 1. The predicted molar refractivity (Wildman–Crippen MR) is 74.4 cm³/mol. The molecule has 1 aromatic carbocycles. The summed E-state index contributed by atoms with van der Waals surface area (Å²) >= 11 is 0. The number of amides is 1. The number of aromatic amines is 1. The smallest absolute Gasteiger partial charge is 0.328 e. The summed E-state index contributed by atoms with van der Waals surface area (Å²) in [5.41, 5.74) is 2.64. The van der Waals surface area contributed by atoms with Crippen LogP contribution >= 0.6 is 0 Å². The van der Waals surface area contributed by atoms with Gasteiger partial charge in [0.15, 0.2) is 0 Å². The Morgan fingerprint density at radius 3 is 2.80 bits per heavy atom. The van der Waals surface area contributed by atoms with Crippen molar-refractivity contribution in [3.8, 4) is 0 Å². The molecule has 0 unspecified atom stereocenters. The van der Waals surface area contributed by atoms with Gasteiger partial charge < -0.3 is 10.4 Å². The molecule has 20 heavy (non-hydrogen) atoms. The number of carboxylic acids is 1. The van der Waals surface area contributed by atoms with E-state index in [9.17, 15) is 9.59 Å². The molecule has 3 N–H and O–H groups in total. The first-order chi connectivity index (χ1) is 9.54. The second-order valence-corrected chi connectivity index (χ2v) is 4.25. The quantitative estimate of drug-likeness (QED) is 0.742. The first kappa shape index (κ1) is 13.5. The van der Waals surface area contributed by atoms with Gasteiger partial charge in [0.1, 0.15) is 0 Å². The van der Waals surface area contributed by atoms with Crippen molar-refractivity contribution < 1.29 is 14.7 Å². The number of carbonyl (C=O) groups excluding carboxylic acids is 1. The van der Waals surface area contributed by atoms with E-state index in [1.165, 1.54) is 18.5 Å². The number of aliphatic carboxylic acids is 1. The fourth-order valence-corrected chi connectivity index (χ4v) is 1.73. The molecule has 6 heteroatoms. The van der Waals surface area contributed by atoms with Crippen molar-refractivity contribution in [1.82, 2.24) is 10.2 Å². The Hall–Kier alpha value is -2.89. The SMILES string of the molecule is Cc1cc(/C=C/C(=O)O)cc(NC(=O)c2cn[nH]c2)c1. The van der Waals surface area contributed by atoms with E-state index in [-0.39, 0.29) is 5.91 Å². The van der Waals surface area contributed by atoms with E-state index >= 15 is 0 Å². The molecule has 0 atom stereocenters. The number of anilines is 1. The molecule has 1 amide bonds. The van der Waals surface area contributed by atoms with Gasteiger partial charge in [0.25, 0.3) is 5.91 Å². The Morgan fingerprint density at radius 1 is 1.35 bits per heavy atom. The van der Waals surface area contributed by atoms with E-state index in [1.807, 2.05) is 13.0 Å². The number of hydrogen-bond acceptors (Lipinski definition) is 3. The van der Waals surface area contributed by atoms with E-state index in [0.717, 1.165) is 11.6 Å². The molecule has 2 aromatic rings. The second kappa shape index (κ2) is 5.83. The van der Waals surface area contributed by atoms with E-state index in [0.29, 0.717) is 16.8 Å². The summed E-state index contributed by atoms with van der Waals surface area (Å²) in [4.78, 5) is 22.4. The Labute approximate surface area is 115 Å². The summed E-state index contributed by atoms with van der Waals surface area (Å²) in [6.45, 7) is 1.87. The first-order valence-electron chi connectivity index (χ1n) is 5.87. The Balaban J connectivity index is 2.20. The lowest BCUT2D eigenvalue weighted by molar-refractivity contribution is -0.131. The number of hydrogen-bond donors (Lipinski definition) is 3. The van der Waals surface area contributed by atoms with E-state index in [4.69, 9.17) is 5.11 Å². The molecule has 0 aliphatic heterocycles. The van der Waals surface area contributed by atoms with E-state index < -0.39 is 5.97 Å². The van der Waals surface area contributed by atoms with Crippen LogP contribution in [-0.4, -0.2) is 27.2 Å². The number of aromatic nitrogens is 2. The normalized spacial score (nSPS) is 10.7. The highest BCUT2D eigenvalue weighted by molar-refractivity contribution is 6.04. The minimum atomic E-state index is -1.02. The van der Waals surface area contributed by atoms with Crippen LogP contribution in [-0.2, 0) is 4.79 Å². The van der Waals surface area contributed by atoms with Crippen molar-refractivity contribution in [3.05, 3.63) is 53.4 Å². The second-order valence-electron chi connectivity index (χ2n) is 4.25. The maximum atomic E-state index is 11.9. The van der Waals surface area contributed by atoms with Crippen LogP contribution in [0.25, 0.3) is 6.08 Å². The molecule has 2 rings (SSSR count). The Kier molecular flexibility index (Phi) is 3.95. The average molecular weight is 271 g/mol. The molecule has 102 valence electrons. The summed E-state index contributed by atoms with van der Waals surface area (Å²) in [5.74, 6) is -1.30. The highest BCUT2D eigenvalue weighted by Crippen LogP contribution is 2.16. The van der Waals surface area contributed by atoms with Gasteiger partial charge in [-0.05, 0) is 36.3 Å². The highest BCUT2D eigenvalue weighted by atomic mass is 16.4. The largest absolute Gasteiger partial charge is 0.478 e. The molecular weight excluding hydrogens is 258 g/mol. The third-order valence-corrected chi connectivity index (χ3v) is 2.54. The van der Waals surface area contributed by atoms with E-state index in [2.05, 4.69) is 15.5 Å². The number of benzene rings is 1. The molecule has 0 bridgehead atoms. The highest BCUT2D eigenvalue weighted by Gasteiger charge is 2.07. The number of carboxylic acid groups (broad SMARTS) is 1. The standard InChI is InChI=1S/C14H13N3O3/c1-9-4-10(2-3-13(18)19)6-12(5-9)17-14(20)11-7-15-16-8-11/h2-8H,1H3,(H,15,16)(H,17,20)(H,18,19)/b3-2+. The van der Waals surface area contributed by atoms with E-state index in [1.54, 1.807) is 12.1 Å². The number of carbonyl (C=O) groups is 2. The molecule has 0 aliphatic carbocycles. The van der Waals surface area contributed by atoms with Gasteiger partial charge in [0.2, 0.25) is 0 Å².